The predicted octanol–water partition coefficient (Wildman–Crippen LogP) is 3.09. The molecular formula is C14H15ClO4. The molecule has 0 aliphatic rings. The molecule has 0 aromatic heterocycles. The monoisotopic (exact) mass is 282 g/mol. The fraction of sp³-hybridized carbons (Fsp3) is 0.286. The van der Waals surface area contributed by atoms with Crippen LogP contribution in [0.2, 0.25) is 5.02 Å². The van der Waals surface area contributed by atoms with E-state index in [1.807, 2.05) is 0 Å². The lowest BCUT2D eigenvalue weighted by molar-refractivity contribution is -0.142. The van der Waals surface area contributed by atoms with E-state index in [-0.39, 0.29) is 12.4 Å². The van der Waals surface area contributed by atoms with Crippen molar-refractivity contribution in [3.8, 4) is 0 Å². The molecule has 19 heavy (non-hydrogen) atoms. The summed E-state index contributed by atoms with van der Waals surface area (Å²) in [5.41, 5.74) is 1.05. The molecule has 4 nitrogen and oxygen atoms in total. The lowest BCUT2D eigenvalue weighted by Crippen LogP contribution is -2.02. The number of carbonyl (C=O) groups is 2. The molecule has 0 bridgehead atoms. The minimum atomic E-state index is -0.495. The SMILES string of the molecule is CCOC(=O)CC=Cc1ccc(Cl)c(C(=O)OC)c1. The summed E-state index contributed by atoms with van der Waals surface area (Å²) in [6.45, 7) is 2.11. The molecule has 0 atom stereocenters. The summed E-state index contributed by atoms with van der Waals surface area (Å²) >= 11 is 5.90. The molecule has 1 rings (SSSR count). The second-order valence-electron chi connectivity index (χ2n) is 3.64. The molecule has 1 aromatic rings. The summed E-state index contributed by atoms with van der Waals surface area (Å²) in [5.74, 6) is -0.786. The van der Waals surface area contributed by atoms with Crippen molar-refractivity contribution >= 4 is 29.6 Å². The Bertz CT molecular complexity index is 494. The quantitative estimate of drug-likeness (QED) is 0.779. The average molecular weight is 283 g/mol. The van der Waals surface area contributed by atoms with Crippen LogP contribution in [0.1, 0.15) is 29.3 Å². The topological polar surface area (TPSA) is 52.6 Å². The van der Waals surface area contributed by atoms with Crippen LogP contribution in [-0.2, 0) is 14.3 Å². The predicted molar refractivity (Wildman–Crippen MR) is 73.1 cm³/mol. The van der Waals surface area contributed by atoms with Gasteiger partial charge in [0, 0.05) is 0 Å². The van der Waals surface area contributed by atoms with Crippen molar-refractivity contribution in [2.45, 2.75) is 13.3 Å². The maximum absolute atomic E-state index is 11.4. The highest BCUT2D eigenvalue weighted by atomic mass is 35.5. The number of benzene rings is 1. The first-order chi connectivity index (χ1) is 9.08. The number of carbonyl (C=O) groups excluding carboxylic acids is 2. The first-order valence-corrected chi connectivity index (χ1v) is 6.16. The maximum atomic E-state index is 11.4. The second-order valence-corrected chi connectivity index (χ2v) is 4.05. The molecule has 0 saturated carbocycles. The Morgan fingerprint density at radius 1 is 1.37 bits per heavy atom. The van der Waals surface area contributed by atoms with E-state index in [9.17, 15) is 9.59 Å². The molecular weight excluding hydrogens is 268 g/mol. The second kappa shape index (κ2) is 7.59. The zero-order chi connectivity index (χ0) is 14.3. The van der Waals surface area contributed by atoms with E-state index in [0.29, 0.717) is 17.2 Å². The number of halogens is 1. The normalized spacial score (nSPS) is 10.5. The molecule has 5 heteroatoms. The maximum Gasteiger partial charge on any atom is 0.339 e. The number of ether oxygens (including phenoxy) is 2. The van der Waals surface area contributed by atoms with Crippen molar-refractivity contribution in [2.24, 2.45) is 0 Å². The lowest BCUT2D eigenvalue weighted by Gasteiger charge is -2.03. The van der Waals surface area contributed by atoms with E-state index in [1.165, 1.54) is 7.11 Å². The van der Waals surface area contributed by atoms with Crippen LogP contribution >= 0.6 is 11.6 Å². The van der Waals surface area contributed by atoms with Crippen LogP contribution in [0.4, 0.5) is 0 Å². The van der Waals surface area contributed by atoms with Gasteiger partial charge in [-0.2, -0.15) is 0 Å². The van der Waals surface area contributed by atoms with Gasteiger partial charge in [-0.1, -0.05) is 29.8 Å². The third-order valence-corrected chi connectivity index (χ3v) is 2.63. The molecule has 0 radical (unpaired) electrons. The van der Waals surface area contributed by atoms with Crippen molar-refractivity contribution in [1.82, 2.24) is 0 Å². The average Bonchev–Trinajstić information content (AvgIpc) is 2.40. The summed E-state index contributed by atoms with van der Waals surface area (Å²) < 4.78 is 9.42. The zero-order valence-corrected chi connectivity index (χ0v) is 11.6. The molecule has 0 aliphatic carbocycles. The minimum Gasteiger partial charge on any atom is -0.466 e. The highest BCUT2D eigenvalue weighted by Crippen LogP contribution is 2.19. The van der Waals surface area contributed by atoms with Gasteiger partial charge >= 0.3 is 11.9 Å². The van der Waals surface area contributed by atoms with Crippen LogP contribution in [0, 0.1) is 0 Å². The molecule has 0 heterocycles. The first-order valence-electron chi connectivity index (χ1n) is 5.78. The van der Waals surface area contributed by atoms with Crippen LogP contribution in [0.5, 0.6) is 0 Å². The van der Waals surface area contributed by atoms with Gasteiger partial charge in [0.25, 0.3) is 0 Å². The Morgan fingerprint density at radius 2 is 2.11 bits per heavy atom. The Balaban J connectivity index is 2.77. The van der Waals surface area contributed by atoms with Gasteiger partial charge in [-0.15, -0.1) is 0 Å². The molecule has 1 aromatic carbocycles. The molecule has 0 saturated heterocycles. The summed E-state index contributed by atoms with van der Waals surface area (Å²) in [7, 11) is 1.29. The zero-order valence-electron chi connectivity index (χ0n) is 10.8. The standard InChI is InChI=1S/C14H15ClO4/c1-3-19-13(16)6-4-5-10-7-8-12(15)11(9-10)14(17)18-2/h4-5,7-9H,3,6H2,1-2H3. The third kappa shape index (κ3) is 4.75. The van der Waals surface area contributed by atoms with Crippen LogP contribution in [-0.4, -0.2) is 25.7 Å². The third-order valence-electron chi connectivity index (χ3n) is 2.30. The van der Waals surface area contributed by atoms with Crippen LogP contribution < -0.4 is 0 Å². The van der Waals surface area contributed by atoms with Crippen molar-refractivity contribution in [2.75, 3.05) is 13.7 Å². The summed E-state index contributed by atoms with van der Waals surface area (Å²) in [6.07, 6.45) is 3.58. The van der Waals surface area contributed by atoms with Crippen molar-refractivity contribution < 1.29 is 19.1 Å². The van der Waals surface area contributed by atoms with Gasteiger partial charge in [0.2, 0.25) is 0 Å². The van der Waals surface area contributed by atoms with Gasteiger partial charge in [0.1, 0.15) is 0 Å². The van der Waals surface area contributed by atoms with E-state index in [0.717, 1.165) is 5.56 Å². The number of rotatable bonds is 5. The Kier molecular flexibility index (Phi) is 6.09. The molecule has 102 valence electrons. The van der Waals surface area contributed by atoms with Gasteiger partial charge in [-0.05, 0) is 24.6 Å². The van der Waals surface area contributed by atoms with Gasteiger partial charge < -0.3 is 9.47 Å². The summed E-state index contributed by atoms with van der Waals surface area (Å²) in [5, 5.41) is 0.328. The Labute approximate surface area is 117 Å². The van der Waals surface area contributed by atoms with Crippen molar-refractivity contribution in [1.29, 1.82) is 0 Å². The van der Waals surface area contributed by atoms with Gasteiger partial charge in [0.05, 0.1) is 30.7 Å². The van der Waals surface area contributed by atoms with Gasteiger partial charge in [-0.25, -0.2) is 4.79 Å². The number of esters is 2. The molecule has 0 amide bonds. The van der Waals surface area contributed by atoms with Crippen LogP contribution in [0.25, 0.3) is 6.08 Å². The van der Waals surface area contributed by atoms with Gasteiger partial charge in [-0.3, -0.25) is 4.79 Å². The highest BCUT2D eigenvalue weighted by Gasteiger charge is 2.10. The Hall–Kier alpha value is -1.81. The smallest absolute Gasteiger partial charge is 0.339 e. The summed E-state index contributed by atoms with van der Waals surface area (Å²) in [4.78, 5) is 22.6. The summed E-state index contributed by atoms with van der Waals surface area (Å²) in [6, 6.07) is 4.96. The fourth-order valence-corrected chi connectivity index (χ4v) is 1.62. The van der Waals surface area contributed by atoms with E-state index >= 15 is 0 Å². The molecule has 0 aliphatic heterocycles. The van der Waals surface area contributed by atoms with E-state index in [2.05, 4.69) is 4.74 Å². The van der Waals surface area contributed by atoms with E-state index in [4.69, 9.17) is 16.3 Å². The number of hydrogen-bond acceptors (Lipinski definition) is 4. The van der Waals surface area contributed by atoms with E-state index in [1.54, 1.807) is 37.3 Å². The molecule has 0 unspecified atom stereocenters. The number of methoxy groups -OCH3 is 1. The minimum absolute atomic E-state index is 0.185. The van der Waals surface area contributed by atoms with Crippen LogP contribution in [0.15, 0.2) is 24.3 Å². The molecule has 0 N–H and O–H groups in total. The highest BCUT2D eigenvalue weighted by molar-refractivity contribution is 6.33. The number of hydrogen-bond donors (Lipinski definition) is 0. The lowest BCUT2D eigenvalue weighted by atomic mass is 10.1. The van der Waals surface area contributed by atoms with E-state index < -0.39 is 5.97 Å². The largest absolute Gasteiger partial charge is 0.466 e. The Morgan fingerprint density at radius 3 is 2.74 bits per heavy atom. The van der Waals surface area contributed by atoms with Crippen molar-refractivity contribution in [3.05, 3.63) is 40.4 Å². The van der Waals surface area contributed by atoms with Gasteiger partial charge in [0.15, 0.2) is 0 Å². The van der Waals surface area contributed by atoms with Crippen molar-refractivity contribution in [3.63, 3.8) is 0 Å². The first kappa shape index (κ1) is 15.2. The molecule has 0 spiro atoms. The fourth-order valence-electron chi connectivity index (χ4n) is 1.42. The molecule has 0 fully saturated rings. The van der Waals surface area contributed by atoms with Crippen LogP contribution in [0.3, 0.4) is 0 Å².